The highest BCUT2D eigenvalue weighted by molar-refractivity contribution is 5.96. The number of amides is 2. The van der Waals surface area contributed by atoms with Crippen LogP contribution in [0.4, 0.5) is 0 Å². The monoisotopic (exact) mass is 398 g/mol. The third-order valence-electron chi connectivity index (χ3n) is 5.63. The lowest BCUT2D eigenvalue weighted by molar-refractivity contribution is -0.143. The molecule has 2 saturated heterocycles. The topological polar surface area (TPSA) is 100 Å². The number of carbonyl (C=O) groups excluding carboxylic acids is 2. The minimum atomic E-state index is -1.13. The van der Waals surface area contributed by atoms with Gasteiger partial charge in [-0.05, 0) is 31.2 Å². The van der Waals surface area contributed by atoms with Gasteiger partial charge in [0.25, 0.3) is 11.8 Å². The number of likely N-dealkylation sites (tertiary alicyclic amines) is 1. The Morgan fingerprint density at radius 1 is 1.07 bits per heavy atom. The molecule has 1 N–H and O–H groups in total. The van der Waals surface area contributed by atoms with Gasteiger partial charge in [0, 0.05) is 31.5 Å². The van der Waals surface area contributed by atoms with E-state index in [9.17, 15) is 19.5 Å². The highest BCUT2D eigenvalue weighted by Gasteiger charge is 2.54. The van der Waals surface area contributed by atoms with Crippen LogP contribution in [0, 0.1) is 6.92 Å². The molecule has 3 heterocycles. The predicted octanol–water partition coefficient (Wildman–Crippen LogP) is 2.15. The van der Waals surface area contributed by atoms with Crippen molar-refractivity contribution in [3.05, 3.63) is 59.5 Å². The smallest absolute Gasteiger partial charge is 0.328 e. The Hall–Kier alpha value is -3.13. The van der Waals surface area contributed by atoms with Gasteiger partial charge >= 0.3 is 5.97 Å². The molecule has 4 rings (SSSR count). The van der Waals surface area contributed by atoms with E-state index in [2.05, 4.69) is 0 Å². The SMILES string of the molecule is Cc1ccc(C(=O)N2CCC3(CC2)OC[C@@H](C(=O)O)N3C(=O)c2ccco2)cc1. The molecule has 0 bridgehead atoms. The summed E-state index contributed by atoms with van der Waals surface area (Å²) in [4.78, 5) is 40.5. The van der Waals surface area contributed by atoms with Crippen molar-refractivity contribution < 1.29 is 28.6 Å². The number of carbonyl (C=O) groups is 3. The van der Waals surface area contributed by atoms with Gasteiger partial charge in [-0.3, -0.25) is 14.5 Å². The van der Waals surface area contributed by atoms with Crippen LogP contribution in [-0.4, -0.2) is 64.2 Å². The average Bonchev–Trinajstić information content (AvgIpc) is 3.37. The molecule has 2 aliphatic heterocycles. The summed E-state index contributed by atoms with van der Waals surface area (Å²) in [5.41, 5.74) is 0.618. The van der Waals surface area contributed by atoms with Crippen LogP contribution in [0.15, 0.2) is 47.1 Å². The van der Waals surface area contributed by atoms with Crippen molar-refractivity contribution in [1.29, 1.82) is 0 Å². The summed E-state index contributed by atoms with van der Waals surface area (Å²) >= 11 is 0. The quantitative estimate of drug-likeness (QED) is 0.850. The Bertz CT molecular complexity index is 913. The molecule has 0 aliphatic carbocycles. The van der Waals surface area contributed by atoms with Gasteiger partial charge in [-0.2, -0.15) is 0 Å². The summed E-state index contributed by atoms with van der Waals surface area (Å²) in [6.45, 7) is 2.59. The van der Waals surface area contributed by atoms with E-state index >= 15 is 0 Å². The van der Waals surface area contributed by atoms with E-state index in [0.29, 0.717) is 31.5 Å². The summed E-state index contributed by atoms with van der Waals surface area (Å²) in [5, 5.41) is 9.59. The molecule has 0 unspecified atom stereocenters. The number of carboxylic acid groups (broad SMARTS) is 1. The zero-order valence-electron chi connectivity index (χ0n) is 16.0. The molecule has 8 nitrogen and oxygen atoms in total. The van der Waals surface area contributed by atoms with Crippen molar-refractivity contribution in [2.75, 3.05) is 19.7 Å². The lowest BCUT2D eigenvalue weighted by Crippen LogP contribution is -2.58. The summed E-state index contributed by atoms with van der Waals surface area (Å²) < 4.78 is 11.1. The summed E-state index contributed by atoms with van der Waals surface area (Å²) in [5.74, 6) is -1.66. The van der Waals surface area contributed by atoms with Crippen molar-refractivity contribution in [2.45, 2.75) is 31.5 Å². The molecule has 1 aromatic heterocycles. The largest absolute Gasteiger partial charge is 0.480 e. The number of aliphatic carboxylic acids is 1. The fraction of sp³-hybridized carbons (Fsp3) is 0.381. The van der Waals surface area contributed by atoms with E-state index < -0.39 is 23.6 Å². The molecule has 0 saturated carbocycles. The number of rotatable bonds is 3. The number of nitrogens with zero attached hydrogens (tertiary/aromatic N) is 2. The second-order valence-electron chi connectivity index (χ2n) is 7.42. The van der Waals surface area contributed by atoms with Crippen LogP contribution in [0.5, 0.6) is 0 Å². The molecule has 0 radical (unpaired) electrons. The van der Waals surface area contributed by atoms with Crippen molar-refractivity contribution in [2.24, 2.45) is 0 Å². The molecule has 8 heteroatoms. The first-order valence-corrected chi connectivity index (χ1v) is 9.51. The third kappa shape index (κ3) is 3.40. The minimum absolute atomic E-state index is 0.0688. The molecule has 29 heavy (non-hydrogen) atoms. The van der Waals surface area contributed by atoms with E-state index in [1.165, 1.54) is 17.2 Å². The first kappa shape index (κ1) is 19.2. The predicted molar refractivity (Wildman–Crippen MR) is 101 cm³/mol. The van der Waals surface area contributed by atoms with Gasteiger partial charge in [-0.25, -0.2) is 4.79 Å². The summed E-state index contributed by atoms with van der Waals surface area (Å²) in [6.07, 6.45) is 2.04. The second-order valence-corrected chi connectivity index (χ2v) is 7.42. The van der Waals surface area contributed by atoms with Crippen LogP contribution in [-0.2, 0) is 9.53 Å². The van der Waals surface area contributed by atoms with Gasteiger partial charge in [0.15, 0.2) is 11.8 Å². The normalized spacial score (nSPS) is 20.8. The third-order valence-corrected chi connectivity index (χ3v) is 5.63. The number of carboxylic acids is 1. The fourth-order valence-corrected chi connectivity index (χ4v) is 4.01. The van der Waals surface area contributed by atoms with Crippen LogP contribution >= 0.6 is 0 Å². The molecule has 1 aromatic carbocycles. The van der Waals surface area contributed by atoms with Crippen LogP contribution in [0.3, 0.4) is 0 Å². The van der Waals surface area contributed by atoms with E-state index in [4.69, 9.17) is 9.15 Å². The maximum atomic E-state index is 13.0. The molecule has 1 atom stereocenters. The fourth-order valence-electron chi connectivity index (χ4n) is 4.01. The highest BCUT2D eigenvalue weighted by atomic mass is 16.5. The van der Waals surface area contributed by atoms with Crippen molar-refractivity contribution in [3.63, 3.8) is 0 Å². The zero-order chi connectivity index (χ0) is 20.6. The molecule has 2 fully saturated rings. The number of aryl methyl sites for hydroxylation is 1. The number of piperidine rings is 1. The summed E-state index contributed by atoms with van der Waals surface area (Å²) in [6, 6.07) is 9.35. The second kappa shape index (κ2) is 7.36. The van der Waals surface area contributed by atoms with Gasteiger partial charge in [0.1, 0.15) is 5.72 Å². The molecular formula is C21H22N2O6. The maximum absolute atomic E-state index is 13.0. The summed E-state index contributed by atoms with van der Waals surface area (Å²) in [7, 11) is 0. The average molecular weight is 398 g/mol. The van der Waals surface area contributed by atoms with Gasteiger partial charge in [0.05, 0.1) is 12.9 Å². The molecular weight excluding hydrogens is 376 g/mol. The highest BCUT2D eigenvalue weighted by Crippen LogP contribution is 2.38. The first-order chi connectivity index (χ1) is 13.9. The van der Waals surface area contributed by atoms with Crippen LogP contribution < -0.4 is 0 Å². The molecule has 2 aliphatic rings. The minimum Gasteiger partial charge on any atom is -0.480 e. The lowest BCUT2D eigenvalue weighted by atomic mass is 9.96. The Morgan fingerprint density at radius 2 is 1.76 bits per heavy atom. The van der Waals surface area contributed by atoms with Crippen LogP contribution in [0.2, 0.25) is 0 Å². The Balaban J connectivity index is 1.53. The molecule has 1 spiro atoms. The standard InChI is InChI=1S/C21H22N2O6/c1-14-4-6-15(7-5-14)18(24)22-10-8-21(9-11-22)23(16(13-29-21)20(26)27)19(25)17-3-2-12-28-17/h2-7,12,16H,8-11,13H2,1H3,(H,26,27)/t16-/m0/s1. The Kier molecular flexibility index (Phi) is 4.87. The van der Waals surface area contributed by atoms with E-state index in [0.717, 1.165) is 5.56 Å². The van der Waals surface area contributed by atoms with Crippen LogP contribution in [0.1, 0.15) is 39.3 Å². The van der Waals surface area contributed by atoms with Crippen molar-refractivity contribution >= 4 is 17.8 Å². The maximum Gasteiger partial charge on any atom is 0.328 e. The number of benzene rings is 1. The Morgan fingerprint density at radius 3 is 2.34 bits per heavy atom. The molecule has 2 amide bonds. The number of ether oxygens (including phenoxy) is 1. The zero-order valence-corrected chi connectivity index (χ0v) is 16.0. The number of hydrogen-bond acceptors (Lipinski definition) is 5. The van der Waals surface area contributed by atoms with E-state index in [1.54, 1.807) is 23.1 Å². The van der Waals surface area contributed by atoms with Gasteiger partial charge < -0.3 is 19.2 Å². The van der Waals surface area contributed by atoms with Gasteiger partial charge in [-0.15, -0.1) is 0 Å². The van der Waals surface area contributed by atoms with E-state index in [1.807, 2.05) is 19.1 Å². The van der Waals surface area contributed by atoms with Gasteiger partial charge in [-0.1, -0.05) is 17.7 Å². The van der Waals surface area contributed by atoms with Crippen molar-refractivity contribution in [3.8, 4) is 0 Å². The lowest BCUT2D eigenvalue weighted by Gasteiger charge is -2.43. The molecule has 2 aromatic rings. The molecule has 152 valence electrons. The van der Waals surface area contributed by atoms with E-state index in [-0.39, 0.29) is 18.3 Å². The van der Waals surface area contributed by atoms with Crippen LogP contribution in [0.25, 0.3) is 0 Å². The number of furan rings is 1. The Labute approximate surface area is 167 Å². The van der Waals surface area contributed by atoms with Gasteiger partial charge in [0.2, 0.25) is 0 Å². The first-order valence-electron chi connectivity index (χ1n) is 9.51. The van der Waals surface area contributed by atoms with Crippen molar-refractivity contribution in [1.82, 2.24) is 9.80 Å². The number of hydrogen-bond donors (Lipinski definition) is 1.